The Labute approximate surface area is 121 Å². The van der Waals surface area contributed by atoms with Crippen molar-refractivity contribution in [1.29, 1.82) is 0 Å². The van der Waals surface area contributed by atoms with Crippen LogP contribution in [0.25, 0.3) is 0 Å². The van der Waals surface area contributed by atoms with E-state index in [9.17, 15) is 4.79 Å². The van der Waals surface area contributed by atoms with Crippen molar-refractivity contribution in [2.45, 2.75) is 51.7 Å². The predicted octanol–water partition coefficient (Wildman–Crippen LogP) is 3.34. The second-order valence-corrected chi connectivity index (χ2v) is 5.33. The minimum Gasteiger partial charge on any atom is -0.350 e. The summed E-state index contributed by atoms with van der Waals surface area (Å²) in [7, 11) is 0. The van der Waals surface area contributed by atoms with Gasteiger partial charge < -0.3 is 9.64 Å². The van der Waals surface area contributed by atoms with Gasteiger partial charge in [0.1, 0.15) is 6.10 Å². The van der Waals surface area contributed by atoms with Gasteiger partial charge in [0.2, 0.25) is 0 Å². The first-order valence-corrected chi connectivity index (χ1v) is 7.73. The Morgan fingerprint density at radius 2 is 1.85 bits per heavy atom. The van der Waals surface area contributed by atoms with Crippen molar-refractivity contribution in [2.75, 3.05) is 13.1 Å². The number of hydrogen-bond acceptors (Lipinski definition) is 2. The largest absolute Gasteiger partial charge is 0.350 e. The molecule has 1 aromatic carbocycles. The third-order valence-electron chi connectivity index (χ3n) is 4.12. The number of nitrogens with zero attached hydrogens (tertiary/aromatic N) is 1. The van der Waals surface area contributed by atoms with Gasteiger partial charge >= 0.3 is 0 Å². The van der Waals surface area contributed by atoms with Crippen LogP contribution in [0.4, 0.5) is 0 Å². The lowest BCUT2D eigenvalue weighted by Gasteiger charge is -2.23. The fourth-order valence-corrected chi connectivity index (χ4v) is 2.84. The molecule has 2 rings (SSSR count). The average molecular weight is 275 g/mol. The van der Waals surface area contributed by atoms with Crippen molar-refractivity contribution in [3.8, 4) is 0 Å². The standard InChI is InChI=1S/C17H25NO2/c1-4-7-13-15-17(20-15,14-11-9-8-10-12-14)16(19)18(5-2)6-3/h8-12,15H,4-7,13H2,1-3H3. The molecule has 110 valence electrons. The van der Waals surface area contributed by atoms with Gasteiger partial charge in [-0.15, -0.1) is 0 Å². The fraction of sp³-hybridized carbons (Fsp3) is 0.588. The number of rotatable bonds is 7. The molecule has 3 nitrogen and oxygen atoms in total. The Morgan fingerprint density at radius 3 is 2.40 bits per heavy atom. The minimum absolute atomic E-state index is 0.0398. The van der Waals surface area contributed by atoms with Crippen LogP contribution in [0.15, 0.2) is 30.3 Å². The summed E-state index contributed by atoms with van der Waals surface area (Å²) < 4.78 is 5.95. The number of carbonyl (C=O) groups excluding carboxylic acids is 1. The summed E-state index contributed by atoms with van der Waals surface area (Å²) in [6.07, 6.45) is 3.23. The number of likely N-dealkylation sites (N-methyl/N-ethyl adjacent to an activating group) is 1. The number of carbonyl (C=O) groups is 1. The molecule has 1 fully saturated rings. The normalized spacial score (nSPS) is 24.4. The maximum absolute atomic E-state index is 12.9. The number of hydrogen-bond donors (Lipinski definition) is 0. The second-order valence-electron chi connectivity index (χ2n) is 5.33. The molecule has 2 unspecified atom stereocenters. The third kappa shape index (κ3) is 2.59. The van der Waals surface area contributed by atoms with Crippen LogP contribution in [0.2, 0.25) is 0 Å². The molecule has 0 bridgehead atoms. The van der Waals surface area contributed by atoms with E-state index in [1.54, 1.807) is 0 Å². The minimum atomic E-state index is -0.720. The molecule has 1 saturated heterocycles. The molecule has 20 heavy (non-hydrogen) atoms. The highest BCUT2D eigenvalue weighted by Crippen LogP contribution is 2.50. The molecule has 1 heterocycles. The summed E-state index contributed by atoms with van der Waals surface area (Å²) in [6.45, 7) is 7.66. The molecule has 1 aliphatic heterocycles. The topological polar surface area (TPSA) is 32.8 Å². The molecule has 3 heteroatoms. The quantitative estimate of drug-likeness (QED) is 0.715. The van der Waals surface area contributed by atoms with Crippen LogP contribution in [0.1, 0.15) is 45.6 Å². The molecule has 0 spiro atoms. The van der Waals surface area contributed by atoms with Crippen molar-refractivity contribution in [1.82, 2.24) is 4.90 Å². The summed E-state index contributed by atoms with van der Waals surface area (Å²) in [5.74, 6) is 0.120. The van der Waals surface area contributed by atoms with Gasteiger partial charge in [-0.1, -0.05) is 50.1 Å². The number of unbranched alkanes of at least 4 members (excludes halogenated alkanes) is 1. The lowest BCUT2D eigenvalue weighted by Crippen LogP contribution is -2.41. The Bertz CT molecular complexity index is 442. The van der Waals surface area contributed by atoms with E-state index < -0.39 is 5.60 Å². The monoisotopic (exact) mass is 275 g/mol. The number of epoxide rings is 1. The van der Waals surface area contributed by atoms with Crippen LogP contribution < -0.4 is 0 Å². The zero-order chi connectivity index (χ0) is 14.6. The third-order valence-corrected chi connectivity index (χ3v) is 4.12. The molecular weight excluding hydrogens is 250 g/mol. The van der Waals surface area contributed by atoms with Gasteiger partial charge in [-0.25, -0.2) is 0 Å². The van der Waals surface area contributed by atoms with Gasteiger partial charge in [0, 0.05) is 13.1 Å². The van der Waals surface area contributed by atoms with E-state index in [1.165, 1.54) is 0 Å². The highest BCUT2D eigenvalue weighted by Gasteiger charge is 2.63. The summed E-state index contributed by atoms with van der Waals surface area (Å²) in [4.78, 5) is 14.7. The molecule has 0 radical (unpaired) electrons. The van der Waals surface area contributed by atoms with Gasteiger partial charge in [-0.3, -0.25) is 4.79 Å². The van der Waals surface area contributed by atoms with Gasteiger partial charge in [-0.05, 0) is 25.8 Å². The van der Waals surface area contributed by atoms with Crippen molar-refractivity contribution in [3.63, 3.8) is 0 Å². The Kier molecular flexibility index (Phi) is 4.81. The van der Waals surface area contributed by atoms with Crippen LogP contribution >= 0.6 is 0 Å². The molecular formula is C17H25NO2. The Balaban J connectivity index is 2.26. The average Bonchev–Trinajstić information content (AvgIpc) is 3.23. The summed E-state index contributed by atoms with van der Waals surface area (Å²) in [6, 6.07) is 9.94. The smallest absolute Gasteiger partial charge is 0.262 e. The van der Waals surface area contributed by atoms with Gasteiger partial charge in [0.05, 0.1) is 0 Å². The van der Waals surface area contributed by atoms with Crippen molar-refractivity contribution < 1.29 is 9.53 Å². The number of ether oxygens (including phenoxy) is 1. The lowest BCUT2D eigenvalue weighted by atomic mass is 9.91. The zero-order valence-corrected chi connectivity index (χ0v) is 12.8. The maximum Gasteiger partial charge on any atom is 0.262 e. The van der Waals surface area contributed by atoms with E-state index in [0.717, 1.165) is 37.9 Å². The van der Waals surface area contributed by atoms with E-state index in [1.807, 2.05) is 49.1 Å². The van der Waals surface area contributed by atoms with E-state index >= 15 is 0 Å². The second kappa shape index (κ2) is 6.40. The van der Waals surface area contributed by atoms with Crippen LogP contribution in [0.5, 0.6) is 0 Å². The molecule has 1 amide bonds. The molecule has 0 aliphatic carbocycles. The summed E-state index contributed by atoms with van der Waals surface area (Å²) >= 11 is 0. The number of amides is 1. The molecule has 0 saturated carbocycles. The highest BCUT2D eigenvalue weighted by atomic mass is 16.6. The molecule has 0 aromatic heterocycles. The van der Waals surface area contributed by atoms with Crippen LogP contribution in [0.3, 0.4) is 0 Å². The maximum atomic E-state index is 12.9. The van der Waals surface area contributed by atoms with E-state index in [4.69, 9.17) is 4.74 Å². The first-order chi connectivity index (χ1) is 9.70. The summed E-state index contributed by atoms with van der Waals surface area (Å²) in [5, 5.41) is 0. The van der Waals surface area contributed by atoms with E-state index in [2.05, 4.69) is 6.92 Å². The van der Waals surface area contributed by atoms with Gasteiger partial charge in [0.25, 0.3) is 5.91 Å². The van der Waals surface area contributed by atoms with Gasteiger partial charge in [-0.2, -0.15) is 0 Å². The first-order valence-electron chi connectivity index (χ1n) is 7.73. The molecule has 0 N–H and O–H groups in total. The van der Waals surface area contributed by atoms with Crippen molar-refractivity contribution in [2.24, 2.45) is 0 Å². The zero-order valence-electron chi connectivity index (χ0n) is 12.8. The van der Waals surface area contributed by atoms with Gasteiger partial charge in [0.15, 0.2) is 5.60 Å². The molecule has 2 atom stereocenters. The van der Waals surface area contributed by atoms with E-state index in [-0.39, 0.29) is 12.0 Å². The fourth-order valence-electron chi connectivity index (χ4n) is 2.84. The highest BCUT2D eigenvalue weighted by molar-refractivity contribution is 5.90. The first kappa shape index (κ1) is 15.0. The van der Waals surface area contributed by atoms with Crippen molar-refractivity contribution in [3.05, 3.63) is 35.9 Å². The predicted molar refractivity (Wildman–Crippen MR) is 80.4 cm³/mol. The summed E-state index contributed by atoms with van der Waals surface area (Å²) in [5.41, 5.74) is 0.278. The Hall–Kier alpha value is -1.35. The van der Waals surface area contributed by atoms with Crippen LogP contribution in [-0.4, -0.2) is 30.0 Å². The lowest BCUT2D eigenvalue weighted by molar-refractivity contribution is -0.136. The molecule has 1 aromatic rings. The number of benzene rings is 1. The SMILES string of the molecule is CCCCC1OC1(C(=O)N(CC)CC)c1ccccc1. The molecule has 1 aliphatic rings. The van der Waals surface area contributed by atoms with Crippen LogP contribution in [0, 0.1) is 0 Å². The Morgan fingerprint density at radius 1 is 1.20 bits per heavy atom. The van der Waals surface area contributed by atoms with Crippen LogP contribution in [-0.2, 0) is 15.1 Å². The van der Waals surface area contributed by atoms with E-state index in [0.29, 0.717) is 0 Å². The van der Waals surface area contributed by atoms with Crippen molar-refractivity contribution >= 4 is 5.91 Å².